The second kappa shape index (κ2) is 7.93. The van der Waals surface area contributed by atoms with Crippen molar-refractivity contribution in [2.45, 2.75) is 6.29 Å². The lowest BCUT2D eigenvalue weighted by molar-refractivity contribution is 0.122. The zero-order valence-corrected chi connectivity index (χ0v) is 17.3. The van der Waals surface area contributed by atoms with Crippen LogP contribution >= 0.6 is 0 Å². The lowest BCUT2D eigenvalue weighted by Gasteiger charge is -2.28. The van der Waals surface area contributed by atoms with Crippen LogP contribution in [0.1, 0.15) is 5.56 Å². The van der Waals surface area contributed by atoms with Gasteiger partial charge in [-0.15, -0.1) is 0 Å². The normalized spacial score (nSPS) is 18.5. The first-order valence-corrected chi connectivity index (χ1v) is 10.3. The molecular weight excluding hydrogens is 394 g/mol. The summed E-state index contributed by atoms with van der Waals surface area (Å²) in [6, 6.07) is 13.8. The molecule has 3 heterocycles. The van der Waals surface area contributed by atoms with Gasteiger partial charge in [-0.25, -0.2) is 4.98 Å². The van der Waals surface area contributed by atoms with Crippen LogP contribution in [-0.2, 0) is 11.8 Å². The molecule has 0 amide bonds. The molecule has 1 saturated heterocycles. The van der Waals surface area contributed by atoms with Crippen molar-refractivity contribution in [1.29, 1.82) is 0 Å². The molecule has 31 heavy (non-hydrogen) atoms. The third-order valence-corrected chi connectivity index (χ3v) is 5.61. The summed E-state index contributed by atoms with van der Waals surface area (Å²) in [5.74, 6) is 0.295. The van der Waals surface area contributed by atoms with Crippen molar-refractivity contribution in [3.05, 3.63) is 64.6 Å². The molecule has 5 rings (SSSR count). The Balaban J connectivity index is 1.41. The molecule has 2 aromatic carbocycles. The number of ether oxygens (including phenoxy) is 1. The third-order valence-electron chi connectivity index (χ3n) is 5.61. The fraction of sp³-hybridized carbons (Fsp3) is 0.273. The summed E-state index contributed by atoms with van der Waals surface area (Å²) in [6.07, 6.45) is 1.52. The van der Waals surface area contributed by atoms with E-state index in [-0.39, 0.29) is 11.8 Å². The lowest BCUT2D eigenvalue weighted by atomic mass is 10.1. The van der Waals surface area contributed by atoms with E-state index in [4.69, 9.17) is 10.5 Å². The van der Waals surface area contributed by atoms with Gasteiger partial charge in [0, 0.05) is 43.3 Å². The van der Waals surface area contributed by atoms with Crippen LogP contribution < -0.4 is 32.1 Å². The molecule has 2 aliphatic heterocycles. The maximum atomic E-state index is 12.9. The number of benzene rings is 2. The van der Waals surface area contributed by atoms with E-state index in [9.17, 15) is 4.79 Å². The van der Waals surface area contributed by atoms with E-state index in [2.05, 4.69) is 25.8 Å². The summed E-state index contributed by atoms with van der Waals surface area (Å²) < 4.78 is 7.02. The minimum absolute atomic E-state index is 0.190. The van der Waals surface area contributed by atoms with Crippen molar-refractivity contribution in [1.82, 2.24) is 20.2 Å². The van der Waals surface area contributed by atoms with E-state index in [1.807, 2.05) is 48.7 Å². The van der Waals surface area contributed by atoms with Crippen LogP contribution in [-0.4, -0.2) is 42.1 Å². The van der Waals surface area contributed by atoms with Gasteiger partial charge in [0.25, 0.3) is 5.56 Å². The van der Waals surface area contributed by atoms with Crippen molar-refractivity contribution in [3.63, 3.8) is 0 Å². The number of nitrogens with two attached hydrogens (primary N) is 1. The SMILES string of the molecule is Cn1c(=O)c(Nc2ccc(N3CCOCC3)cc2)nc2ccc(C3=CNC(N)N3)cc21. The summed E-state index contributed by atoms with van der Waals surface area (Å²) in [5.41, 5.74) is 10.9. The van der Waals surface area contributed by atoms with E-state index in [0.717, 1.165) is 60.0 Å². The summed E-state index contributed by atoms with van der Waals surface area (Å²) in [5, 5.41) is 9.32. The predicted molar refractivity (Wildman–Crippen MR) is 122 cm³/mol. The maximum Gasteiger partial charge on any atom is 0.293 e. The Hall–Kier alpha value is -3.56. The van der Waals surface area contributed by atoms with Gasteiger partial charge in [-0.2, -0.15) is 0 Å². The largest absolute Gasteiger partial charge is 0.378 e. The number of anilines is 3. The van der Waals surface area contributed by atoms with E-state index in [1.54, 1.807) is 11.6 Å². The van der Waals surface area contributed by atoms with E-state index >= 15 is 0 Å². The minimum Gasteiger partial charge on any atom is -0.378 e. The summed E-state index contributed by atoms with van der Waals surface area (Å²) >= 11 is 0. The lowest BCUT2D eigenvalue weighted by Crippen LogP contribution is -2.40. The van der Waals surface area contributed by atoms with Gasteiger partial charge in [0.2, 0.25) is 0 Å². The van der Waals surface area contributed by atoms with Crippen LogP contribution in [0.3, 0.4) is 0 Å². The van der Waals surface area contributed by atoms with E-state index in [1.165, 1.54) is 0 Å². The van der Waals surface area contributed by atoms with Gasteiger partial charge >= 0.3 is 0 Å². The Morgan fingerprint density at radius 2 is 1.94 bits per heavy atom. The van der Waals surface area contributed by atoms with Crippen LogP contribution in [0.25, 0.3) is 16.7 Å². The number of morpholine rings is 1. The van der Waals surface area contributed by atoms with Crippen molar-refractivity contribution < 1.29 is 4.74 Å². The number of fused-ring (bicyclic) bond motifs is 1. The van der Waals surface area contributed by atoms with Crippen molar-refractivity contribution in [2.75, 3.05) is 36.5 Å². The number of hydrogen-bond acceptors (Lipinski definition) is 8. The fourth-order valence-electron chi connectivity index (χ4n) is 3.88. The Bertz CT molecular complexity index is 1200. The quantitative estimate of drug-likeness (QED) is 0.500. The molecule has 1 aromatic heterocycles. The Morgan fingerprint density at radius 1 is 1.16 bits per heavy atom. The smallest absolute Gasteiger partial charge is 0.293 e. The Kier molecular flexibility index (Phi) is 4.97. The molecule has 1 unspecified atom stereocenters. The first kappa shape index (κ1) is 19.4. The third kappa shape index (κ3) is 3.80. The highest BCUT2D eigenvalue weighted by Gasteiger charge is 2.15. The van der Waals surface area contributed by atoms with Crippen LogP contribution in [0, 0.1) is 0 Å². The van der Waals surface area contributed by atoms with Crippen LogP contribution in [0.5, 0.6) is 0 Å². The summed E-state index contributed by atoms with van der Waals surface area (Å²) in [6.45, 7) is 3.26. The molecule has 5 N–H and O–H groups in total. The zero-order valence-electron chi connectivity index (χ0n) is 17.3. The second-order valence-electron chi connectivity index (χ2n) is 7.65. The number of nitrogens with zero attached hydrogens (tertiary/aromatic N) is 3. The number of nitrogens with one attached hydrogen (secondary N) is 3. The van der Waals surface area contributed by atoms with Gasteiger partial charge in [0.15, 0.2) is 5.82 Å². The van der Waals surface area contributed by atoms with E-state index in [0.29, 0.717) is 5.82 Å². The van der Waals surface area contributed by atoms with Crippen molar-refractivity contribution in [2.24, 2.45) is 12.8 Å². The van der Waals surface area contributed by atoms with Crippen LogP contribution in [0.4, 0.5) is 17.2 Å². The molecule has 1 atom stereocenters. The molecule has 0 radical (unpaired) electrons. The molecular formula is C22H25N7O2. The Morgan fingerprint density at radius 3 is 2.65 bits per heavy atom. The number of hydrogen-bond donors (Lipinski definition) is 4. The van der Waals surface area contributed by atoms with Crippen molar-refractivity contribution in [3.8, 4) is 0 Å². The van der Waals surface area contributed by atoms with Gasteiger partial charge < -0.3 is 30.2 Å². The monoisotopic (exact) mass is 419 g/mol. The van der Waals surface area contributed by atoms with Gasteiger partial charge in [-0.3, -0.25) is 10.5 Å². The first-order valence-electron chi connectivity index (χ1n) is 10.3. The topological polar surface area (TPSA) is 109 Å². The minimum atomic E-state index is -0.311. The van der Waals surface area contributed by atoms with Gasteiger partial charge in [-0.1, -0.05) is 6.07 Å². The van der Waals surface area contributed by atoms with E-state index < -0.39 is 0 Å². The van der Waals surface area contributed by atoms with Gasteiger partial charge in [0.05, 0.1) is 29.9 Å². The molecule has 1 fully saturated rings. The standard InChI is InChI=1S/C22H25N7O2/c1-28-19-12-14(18-13-24-22(23)27-18)2-7-17(19)26-20(21(28)30)25-15-3-5-16(6-4-15)29-8-10-31-11-9-29/h2-7,12-13,22,24,27H,8-11,23H2,1H3,(H,25,26). The molecule has 0 saturated carbocycles. The van der Waals surface area contributed by atoms with Gasteiger partial charge in [-0.05, 0) is 36.4 Å². The summed E-state index contributed by atoms with van der Waals surface area (Å²) in [7, 11) is 1.75. The average Bonchev–Trinajstić information content (AvgIpc) is 3.24. The zero-order chi connectivity index (χ0) is 21.4. The van der Waals surface area contributed by atoms with Crippen LogP contribution in [0.2, 0.25) is 0 Å². The fourth-order valence-corrected chi connectivity index (χ4v) is 3.88. The maximum absolute atomic E-state index is 12.9. The predicted octanol–water partition coefficient (Wildman–Crippen LogP) is 1.25. The highest BCUT2D eigenvalue weighted by molar-refractivity contribution is 5.82. The second-order valence-corrected chi connectivity index (χ2v) is 7.65. The molecule has 2 aliphatic rings. The van der Waals surface area contributed by atoms with Crippen LogP contribution in [0.15, 0.2) is 53.5 Å². The molecule has 0 aliphatic carbocycles. The summed E-state index contributed by atoms with van der Waals surface area (Å²) in [4.78, 5) is 19.8. The van der Waals surface area contributed by atoms with Crippen molar-refractivity contribution >= 4 is 33.9 Å². The Labute approximate surface area is 179 Å². The molecule has 9 heteroatoms. The molecule has 9 nitrogen and oxygen atoms in total. The molecule has 160 valence electrons. The number of aromatic nitrogens is 2. The molecule has 3 aromatic rings. The number of rotatable bonds is 4. The first-order chi connectivity index (χ1) is 15.1. The average molecular weight is 419 g/mol. The molecule has 0 spiro atoms. The highest BCUT2D eigenvalue weighted by Crippen LogP contribution is 2.23. The number of aryl methyl sites for hydroxylation is 1. The molecule has 0 bridgehead atoms. The van der Waals surface area contributed by atoms with Gasteiger partial charge in [0.1, 0.15) is 6.29 Å². The highest BCUT2D eigenvalue weighted by atomic mass is 16.5.